The van der Waals surface area contributed by atoms with Crippen molar-refractivity contribution in [3.8, 4) is 0 Å². The Labute approximate surface area is 153 Å². The number of allylic oxidation sites excluding steroid dienone is 4. The molecule has 1 atom stereocenters. The van der Waals surface area contributed by atoms with Gasteiger partial charge in [0.2, 0.25) is 0 Å². The van der Waals surface area contributed by atoms with Crippen LogP contribution in [0.3, 0.4) is 0 Å². The van der Waals surface area contributed by atoms with E-state index in [4.69, 9.17) is 9.05 Å². The van der Waals surface area contributed by atoms with E-state index in [2.05, 4.69) is 19.9 Å². The second-order valence-corrected chi connectivity index (χ2v) is 10.3. The molecule has 0 fully saturated rings. The van der Waals surface area contributed by atoms with Gasteiger partial charge in [0.1, 0.15) is 0 Å². The molecule has 0 aromatic rings. The van der Waals surface area contributed by atoms with E-state index in [0.29, 0.717) is 12.8 Å². The van der Waals surface area contributed by atoms with Crippen LogP contribution < -0.4 is 0 Å². The van der Waals surface area contributed by atoms with Gasteiger partial charge in [0.15, 0.2) is 4.99 Å². The quantitative estimate of drug-likeness (QED) is 0.196. The molecule has 0 saturated carbocycles. The van der Waals surface area contributed by atoms with Gasteiger partial charge in [0.25, 0.3) is 10.1 Å². The van der Waals surface area contributed by atoms with Crippen LogP contribution in [0.1, 0.15) is 66.7 Å². The van der Waals surface area contributed by atoms with Gasteiger partial charge in [-0.3, -0.25) is 9.12 Å². The summed E-state index contributed by atoms with van der Waals surface area (Å²) < 4.78 is 55.6. The fourth-order valence-electron chi connectivity index (χ4n) is 2.37. The molecule has 0 aromatic carbocycles. The van der Waals surface area contributed by atoms with Crippen LogP contribution in [0.15, 0.2) is 23.3 Å². The molecule has 6 nitrogen and oxygen atoms in total. The first-order valence-corrected chi connectivity index (χ1v) is 11.8. The third-order valence-electron chi connectivity index (χ3n) is 3.55. The zero-order valence-electron chi connectivity index (χ0n) is 16.0. The Hall–Kier alpha value is -0.460. The van der Waals surface area contributed by atoms with Crippen LogP contribution in [-0.2, 0) is 23.7 Å². The van der Waals surface area contributed by atoms with Crippen molar-refractivity contribution in [1.82, 2.24) is 0 Å². The average molecular weight is 396 g/mol. The zero-order valence-corrected chi connectivity index (χ0v) is 17.7. The minimum Gasteiger partial charge on any atom is -0.308 e. The second-order valence-electron chi connectivity index (χ2n) is 6.15. The molecule has 0 spiro atoms. The van der Waals surface area contributed by atoms with Crippen molar-refractivity contribution < 1.29 is 26.6 Å². The maximum atomic E-state index is 12.7. The number of hydrogen-bond acceptors (Lipinski definition) is 5. The standard InChI is InChI=1S/C17H33O6PS/c1-6-22-24(18,23-7-2)17(25(19,20)21)14-9-8-12-16(5)13-10-11-15(3)4/h11-12,17H,6-10,13-14H2,1-5H3,(H,19,20,21)/b16-12+. The van der Waals surface area contributed by atoms with Gasteiger partial charge in [-0.1, -0.05) is 23.3 Å². The van der Waals surface area contributed by atoms with E-state index in [9.17, 15) is 17.5 Å². The number of hydrogen-bond donors (Lipinski definition) is 1. The second kappa shape index (κ2) is 12.0. The fraction of sp³-hybridized carbons (Fsp3) is 0.765. The number of unbranched alkanes of at least 4 members (excludes halogenated alkanes) is 1. The molecule has 0 amide bonds. The third-order valence-corrected chi connectivity index (χ3v) is 8.25. The van der Waals surface area contributed by atoms with Crippen LogP contribution >= 0.6 is 7.60 Å². The van der Waals surface area contributed by atoms with E-state index < -0.39 is 22.7 Å². The van der Waals surface area contributed by atoms with Gasteiger partial charge < -0.3 is 9.05 Å². The van der Waals surface area contributed by atoms with E-state index in [1.54, 1.807) is 13.8 Å². The lowest BCUT2D eigenvalue weighted by atomic mass is 10.1. The zero-order chi connectivity index (χ0) is 19.5. The van der Waals surface area contributed by atoms with Crippen molar-refractivity contribution in [2.24, 2.45) is 0 Å². The van der Waals surface area contributed by atoms with Crippen molar-refractivity contribution in [3.63, 3.8) is 0 Å². The Morgan fingerprint density at radius 3 is 2.08 bits per heavy atom. The highest BCUT2D eigenvalue weighted by atomic mass is 32.2. The summed E-state index contributed by atoms with van der Waals surface area (Å²) in [6.07, 6.45) is 7.27. The topological polar surface area (TPSA) is 89.9 Å². The first-order valence-electron chi connectivity index (χ1n) is 8.70. The summed E-state index contributed by atoms with van der Waals surface area (Å²) in [6, 6.07) is 0. The molecule has 0 heterocycles. The fourth-order valence-corrected chi connectivity index (χ4v) is 6.13. The highest BCUT2D eigenvalue weighted by Gasteiger charge is 2.43. The molecular weight excluding hydrogens is 363 g/mol. The predicted octanol–water partition coefficient (Wildman–Crippen LogP) is 5.33. The predicted molar refractivity (Wildman–Crippen MR) is 102 cm³/mol. The molecule has 0 aliphatic carbocycles. The maximum Gasteiger partial charge on any atom is 0.351 e. The van der Waals surface area contributed by atoms with Gasteiger partial charge >= 0.3 is 7.60 Å². The summed E-state index contributed by atoms with van der Waals surface area (Å²) in [5.41, 5.74) is 2.50. The Kier molecular flexibility index (Phi) is 11.8. The van der Waals surface area contributed by atoms with E-state index in [1.807, 2.05) is 13.0 Å². The molecule has 8 heteroatoms. The van der Waals surface area contributed by atoms with Gasteiger partial charge in [0.05, 0.1) is 13.2 Å². The Morgan fingerprint density at radius 1 is 1.08 bits per heavy atom. The first kappa shape index (κ1) is 24.5. The molecule has 1 unspecified atom stereocenters. The molecule has 0 bridgehead atoms. The van der Waals surface area contributed by atoms with Gasteiger partial charge in [0, 0.05) is 0 Å². The van der Waals surface area contributed by atoms with Gasteiger partial charge in [-0.05, 0) is 66.7 Å². The van der Waals surface area contributed by atoms with E-state index in [1.165, 1.54) is 11.1 Å². The van der Waals surface area contributed by atoms with Gasteiger partial charge in [-0.2, -0.15) is 8.42 Å². The SMILES string of the molecule is CCOP(=O)(OCC)C(CCC/C=C(\C)CCC=C(C)C)S(=O)(=O)O. The van der Waals surface area contributed by atoms with E-state index in [-0.39, 0.29) is 19.6 Å². The average Bonchev–Trinajstić information content (AvgIpc) is 2.45. The van der Waals surface area contributed by atoms with E-state index in [0.717, 1.165) is 12.8 Å². The van der Waals surface area contributed by atoms with Crippen molar-refractivity contribution in [3.05, 3.63) is 23.3 Å². The van der Waals surface area contributed by atoms with Crippen LogP contribution in [0.2, 0.25) is 0 Å². The molecule has 0 saturated heterocycles. The summed E-state index contributed by atoms with van der Waals surface area (Å²) in [5, 5.41) is 0. The first-order chi connectivity index (χ1) is 11.6. The van der Waals surface area contributed by atoms with Gasteiger partial charge in [-0.15, -0.1) is 0 Å². The molecule has 0 aliphatic heterocycles. The minimum atomic E-state index is -4.53. The molecule has 0 aromatic heterocycles. The summed E-state index contributed by atoms with van der Waals surface area (Å²) in [5.74, 6) is 0. The lowest BCUT2D eigenvalue weighted by molar-refractivity contribution is 0.215. The third kappa shape index (κ3) is 10.3. The molecule has 0 aliphatic rings. The molecule has 148 valence electrons. The molecule has 0 radical (unpaired) electrons. The lowest BCUT2D eigenvalue weighted by Crippen LogP contribution is -2.23. The Bertz CT molecular complexity index is 580. The summed E-state index contributed by atoms with van der Waals surface area (Å²) in [4.78, 5) is -1.54. The normalized spacial score (nSPS) is 14.4. The largest absolute Gasteiger partial charge is 0.351 e. The highest BCUT2D eigenvalue weighted by molar-refractivity contribution is 7.94. The smallest absolute Gasteiger partial charge is 0.308 e. The highest BCUT2D eigenvalue weighted by Crippen LogP contribution is 2.56. The molecule has 25 heavy (non-hydrogen) atoms. The lowest BCUT2D eigenvalue weighted by Gasteiger charge is -2.23. The number of rotatable bonds is 13. The monoisotopic (exact) mass is 396 g/mol. The Morgan fingerprint density at radius 2 is 1.64 bits per heavy atom. The molecule has 0 rings (SSSR count). The molecule has 1 N–H and O–H groups in total. The van der Waals surface area contributed by atoms with Crippen LogP contribution in [0.5, 0.6) is 0 Å². The van der Waals surface area contributed by atoms with Crippen molar-refractivity contribution in [2.45, 2.75) is 71.7 Å². The molecular formula is C17H33O6PS. The van der Waals surface area contributed by atoms with Crippen LogP contribution in [-0.4, -0.2) is 31.2 Å². The van der Waals surface area contributed by atoms with E-state index >= 15 is 0 Å². The Balaban J connectivity index is 4.81. The summed E-state index contributed by atoms with van der Waals surface area (Å²) >= 11 is 0. The summed E-state index contributed by atoms with van der Waals surface area (Å²) in [7, 11) is -8.44. The van der Waals surface area contributed by atoms with Crippen molar-refractivity contribution in [1.29, 1.82) is 0 Å². The summed E-state index contributed by atoms with van der Waals surface area (Å²) in [6.45, 7) is 9.45. The minimum absolute atomic E-state index is 0.0217. The maximum absolute atomic E-state index is 12.7. The van der Waals surface area contributed by atoms with Crippen LogP contribution in [0, 0.1) is 0 Å². The van der Waals surface area contributed by atoms with Crippen molar-refractivity contribution in [2.75, 3.05) is 13.2 Å². The van der Waals surface area contributed by atoms with Crippen molar-refractivity contribution >= 4 is 17.7 Å². The van der Waals surface area contributed by atoms with Crippen LogP contribution in [0.25, 0.3) is 0 Å². The van der Waals surface area contributed by atoms with Crippen LogP contribution in [0.4, 0.5) is 0 Å². The van der Waals surface area contributed by atoms with Gasteiger partial charge in [-0.25, -0.2) is 0 Å².